The molecule has 0 bridgehead atoms. The van der Waals surface area contributed by atoms with Gasteiger partial charge in [-0.05, 0) is 49.8 Å². The molecule has 0 fully saturated rings. The van der Waals surface area contributed by atoms with E-state index in [1.165, 1.54) is 6.08 Å². The van der Waals surface area contributed by atoms with Crippen molar-refractivity contribution in [2.75, 3.05) is 27.4 Å². The summed E-state index contributed by atoms with van der Waals surface area (Å²) in [5.74, 6) is 2.22. The van der Waals surface area contributed by atoms with Crippen LogP contribution >= 0.6 is 0 Å². The number of hydrogen-bond acceptors (Lipinski definition) is 5. The van der Waals surface area contributed by atoms with Crippen LogP contribution in [0.1, 0.15) is 29.8 Å². The minimum absolute atomic E-state index is 0.113. The minimum atomic E-state index is -0.113. The lowest BCUT2D eigenvalue weighted by Crippen LogP contribution is -1.99. The van der Waals surface area contributed by atoms with Gasteiger partial charge in [-0.3, -0.25) is 4.79 Å². The third kappa shape index (κ3) is 4.79. The third-order valence-corrected chi connectivity index (χ3v) is 3.63. The van der Waals surface area contributed by atoms with Crippen molar-refractivity contribution in [1.82, 2.24) is 0 Å². The maximum Gasteiger partial charge on any atom is 0.203 e. The number of allylic oxidation sites excluding steroid dienone is 1. The molecular formula is C21H24O5. The van der Waals surface area contributed by atoms with Crippen molar-refractivity contribution in [1.29, 1.82) is 0 Å². The Bertz CT molecular complexity index is 755. The molecule has 138 valence electrons. The molecule has 0 spiro atoms. The second-order valence-corrected chi connectivity index (χ2v) is 5.35. The molecule has 0 unspecified atom stereocenters. The quantitative estimate of drug-likeness (QED) is 0.492. The van der Waals surface area contributed by atoms with Crippen LogP contribution in [-0.4, -0.2) is 33.2 Å². The first-order valence-electron chi connectivity index (χ1n) is 8.47. The number of hydrogen-bond donors (Lipinski definition) is 0. The van der Waals surface area contributed by atoms with Crippen LogP contribution < -0.4 is 18.9 Å². The number of carbonyl (C=O) groups is 1. The Labute approximate surface area is 154 Å². The highest BCUT2D eigenvalue weighted by atomic mass is 16.5. The molecule has 0 heterocycles. The first-order chi connectivity index (χ1) is 12.6. The first kappa shape index (κ1) is 19.4. The van der Waals surface area contributed by atoms with E-state index in [-0.39, 0.29) is 5.78 Å². The summed E-state index contributed by atoms with van der Waals surface area (Å²) in [7, 11) is 3.13. The fourth-order valence-electron chi connectivity index (χ4n) is 2.46. The molecule has 2 aromatic carbocycles. The van der Waals surface area contributed by atoms with Gasteiger partial charge in [-0.2, -0.15) is 0 Å². The molecule has 0 aromatic heterocycles. The van der Waals surface area contributed by atoms with Crippen LogP contribution in [0.3, 0.4) is 0 Å². The number of carbonyl (C=O) groups excluding carboxylic acids is 1. The van der Waals surface area contributed by atoms with E-state index in [1.54, 1.807) is 50.6 Å². The summed E-state index contributed by atoms with van der Waals surface area (Å²) < 4.78 is 21.8. The first-order valence-corrected chi connectivity index (χ1v) is 8.47. The van der Waals surface area contributed by atoms with Gasteiger partial charge in [0.15, 0.2) is 17.3 Å². The Hall–Kier alpha value is -2.95. The second-order valence-electron chi connectivity index (χ2n) is 5.35. The Morgan fingerprint density at radius 3 is 2.19 bits per heavy atom. The summed E-state index contributed by atoms with van der Waals surface area (Å²) >= 11 is 0. The van der Waals surface area contributed by atoms with E-state index in [1.807, 2.05) is 19.9 Å². The molecule has 0 aliphatic heterocycles. The normalized spacial score (nSPS) is 10.6. The number of benzene rings is 2. The summed E-state index contributed by atoms with van der Waals surface area (Å²) in [5, 5.41) is 0. The van der Waals surface area contributed by atoms with E-state index < -0.39 is 0 Å². The summed E-state index contributed by atoms with van der Waals surface area (Å²) in [6.07, 6.45) is 3.23. The number of ether oxygens (including phenoxy) is 4. The molecule has 0 aliphatic carbocycles. The van der Waals surface area contributed by atoms with Gasteiger partial charge in [-0.25, -0.2) is 0 Å². The standard InChI is InChI=1S/C21H24O5/c1-5-25-17-9-7-8-16(14-17)18(22)11-10-15-12-19(23-3)21(26-6-2)20(13-15)24-4/h7-14H,5-6H2,1-4H3/b11-10+. The van der Waals surface area contributed by atoms with E-state index in [0.29, 0.717) is 41.8 Å². The molecule has 0 radical (unpaired) electrons. The van der Waals surface area contributed by atoms with Crippen LogP contribution in [0.25, 0.3) is 6.08 Å². The van der Waals surface area contributed by atoms with E-state index in [2.05, 4.69) is 0 Å². The van der Waals surface area contributed by atoms with Gasteiger partial charge in [0.1, 0.15) is 5.75 Å². The Balaban J connectivity index is 2.26. The fourth-order valence-corrected chi connectivity index (χ4v) is 2.46. The average Bonchev–Trinajstić information content (AvgIpc) is 2.67. The van der Waals surface area contributed by atoms with Crippen molar-refractivity contribution in [3.05, 3.63) is 53.6 Å². The van der Waals surface area contributed by atoms with Gasteiger partial charge >= 0.3 is 0 Å². The molecule has 5 heteroatoms. The maximum atomic E-state index is 12.4. The molecule has 5 nitrogen and oxygen atoms in total. The lowest BCUT2D eigenvalue weighted by Gasteiger charge is -2.14. The van der Waals surface area contributed by atoms with E-state index in [9.17, 15) is 4.79 Å². The molecule has 0 saturated heterocycles. The highest BCUT2D eigenvalue weighted by molar-refractivity contribution is 6.07. The fraction of sp³-hybridized carbons (Fsp3) is 0.286. The van der Waals surface area contributed by atoms with Crippen molar-refractivity contribution in [2.24, 2.45) is 0 Å². The molecule has 2 aromatic rings. The largest absolute Gasteiger partial charge is 0.494 e. The van der Waals surface area contributed by atoms with Crippen LogP contribution in [0.4, 0.5) is 0 Å². The van der Waals surface area contributed by atoms with Crippen molar-refractivity contribution in [3.63, 3.8) is 0 Å². The van der Waals surface area contributed by atoms with Crippen LogP contribution in [0, 0.1) is 0 Å². The van der Waals surface area contributed by atoms with E-state index >= 15 is 0 Å². The zero-order valence-electron chi connectivity index (χ0n) is 15.6. The van der Waals surface area contributed by atoms with Gasteiger partial charge in [0.05, 0.1) is 27.4 Å². The SMILES string of the molecule is CCOc1cccc(C(=O)/C=C/c2cc(OC)c(OCC)c(OC)c2)c1. The molecule has 0 atom stereocenters. The molecule has 0 amide bonds. The van der Waals surface area contributed by atoms with Crippen molar-refractivity contribution < 1.29 is 23.7 Å². The Morgan fingerprint density at radius 1 is 0.962 bits per heavy atom. The molecular weight excluding hydrogens is 332 g/mol. The summed E-state index contributed by atoms with van der Waals surface area (Å²) in [5.41, 5.74) is 1.34. The molecule has 0 N–H and O–H groups in total. The molecule has 0 aliphatic rings. The van der Waals surface area contributed by atoms with E-state index in [4.69, 9.17) is 18.9 Å². The predicted octanol–water partition coefficient (Wildman–Crippen LogP) is 4.40. The van der Waals surface area contributed by atoms with Crippen LogP contribution in [0.5, 0.6) is 23.0 Å². The number of ketones is 1. The predicted molar refractivity (Wildman–Crippen MR) is 102 cm³/mol. The topological polar surface area (TPSA) is 54.0 Å². The smallest absolute Gasteiger partial charge is 0.203 e. The molecule has 0 saturated carbocycles. The third-order valence-electron chi connectivity index (χ3n) is 3.63. The van der Waals surface area contributed by atoms with Gasteiger partial charge in [0, 0.05) is 5.56 Å². The number of methoxy groups -OCH3 is 2. The summed E-state index contributed by atoms with van der Waals surface area (Å²) in [6, 6.07) is 10.7. The van der Waals surface area contributed by atoms with Crippen molar-refractivity contribution in [2.45, 2.75) is 13.8 Å². The summed E-state index contributed by atoms with van der Waals surface area (Å²) in [4.78, 5) is 12.4. The van der Waals surface area contributed by atoms with E-state index in [0.717, 1.165) is 5.56 Å². The highest BCUT2D eigenvalue weighted by Crippen LogP contribution is 2.38. The number of rotatable bonds is 9. The lowest BCUT2D eigenvalue weighted by molar-refractivity contribution is 0.104. The van der Waals surface area contributed by atoms with Crippen molar-refractivity contribution in [3.8, 4) is 23.0 Å². The molecule has 26 heavy (non-hydrogen) atoms. The summed E-state index contributed by atoms with van der Waals surface area (Å²) in [6.45, 7) is 4.85. The van der Waals surface area contributed by atoms with Gasteiger partial charge in [0.25, 0.3) is 0 Å². The maximum absolute atomic E-state index is 12.4. The van der Waals surface area contributed by atoms with Crippen molar-refractivity contribution >= 4 is 11.9 Å². The average molecular weight is 356 g/mol. The van der Waals surface area contributed by atoms with Crippen LogP contribution in [0.15, 0.2) is 42.5 Å². The van der Waals surface area contributed by atoms with Crippen LogP contribution in [0.2, 0.25) is 0 Å². The molecule has 2 rings (SSSR count). The zero-order chi connectivity index (χ0) is 18.9. The second kappa shape index (κ2) is 9.51. The van der Waals surface area contributed by atoms with Gasteiger partial charge in [-0.1, -0.05) is 18.2 Å². The highest BCUT2D eigenvalue weighted by Gasteiger charge is 2.13. The monoisotopic (exact) mass is 356 g/mol. The Kier molecular flexibility index (Phi) is 7.09. The van der Waals surface area contributed by atoms with Gasteiger partial charge in [-0.15, -0.1) is 0 Å². The van der Waals surface area contributed by atoms with Gasteiger partial charge in [0.2, 0.25) is 5.75 Å². The lowest BCUT2D eigenvalue weighted by atomic mass is 10.1. The van der Waals surface area contributed by atoms with Crippen LogP contribution in [-0.2, 0) is 0 Å². The Morgan fingerprint density at radius 2 is 1.62 bits per heavy atom. The minimum Gasteiger partial charge on any atom is -0.494 e. The zero-order valence-corrected chi connectivity index (χ0v) is 15.6. The van der Waals surface area contributed by atoms with Gasteiger partial charge < -0.3 is 18.9 Å².